The third-order valence-electron chi connectivity index (χ3n) is 4.29. The zero-order chi connectivity index (χ0) is 11.0. The molecule has 1 N–H and O–H groups in total. The predicted octanol–water partition coefficient (Wildman–Crippen LogP) is 2.85. The maximum absolute atomic E-state index is 3.62. The molecule has 1 heterocycles. The van der Waals surface area contributed by atoms with Crippen LogP contribution in [-0.4, -0.2) is 12.6 Å². The van der Waals surface area contributed by atoms with Gasteiger partial charge in [-0.05, 0) is 68.2 Å². The Labute approximate surface area is 98.3 Å². The van der Waals surface area contributed by atoms with Crippen LogP contribution >= 0.6 is 0 Å². The third kappa shape index (κ3) is 1.89. The van der Waals surface area contributed by atoms with Gasteiger partial charge >= 0.3 is 0 Å². The summed E-state index contributed by atoms with van der Waals surface area (Å²) in [5.74, 6) is 0.895. The van der Waals surface area contributed by atoms with E-state index >= 15 is 0 Å². The molecule has 1 nitrogen and oxygen atoms in total. The Morgan fingerprint density at radius 1 is 1.31 bits per heavy atom. The van der Waals surface area contributed by atoms with E-state index < -0.39 is 0 Å². The van der Waals surface area contributed by atoms with Crippen molar-refractivity contribution >= 4 is 0 Å². The van der Waals surface area contributed by atoms with E-state index in [2.05, 4.69) is 30.4 Å². The van der Waals surface area contributed by atoms with Crippen LogP contribution in [0.15, 0.2) is 18.2 Å². The summed E-state index contributed by atoms with van der Waals surface area (Å²) < 4.78 is 0. The van der Waals surface area contributed by atoms with Crippen molar-refractivity contribution in [1.29, 1.82) is 0 Å². The molecule has 1 aromatic carbocycles. The summed E-state index contributed by atoms with van der Waals surface area (Å²) >= 11 is 0. The molecule has 3 rings (SSSR count). The summed E-state index contributed by atoms with van der Waals surface area (Å²) in [6.07, 6.45) is 6.79. The second kappa shape index (κ2) is 4.21. The molecule has 1 aliphatic heterocycles. The first-order valence-corrected chi connectivity index (χ1v) is 6.63. The summed E-state index contributed by atoms with van der Waals surface area (Å²) in [7, 11) is 0. The molecule has 0 bridgehead atoms. The van der Waals surface area contributed by atoms with Gasteiger partial charge in [0.1, 0.15) is 0 Å². The average molecular weight is 215 g/mol. The average Bonchev–Trinajstić information content (AvgIpc) is 2.88. The van der Waals surface area contributed by atoms with Gasteiger partial charge in [-0.15, -0.1) is 0 Å². The highest BCUT2D eigenvalue weighted by Gasteiger charge is 2.26. The molecule has 1 saturated heterocycles. The Kier molecular flexibility index (Phi) is 2.72. The Balaban J connectivity index is 1.68. The summed E-state index contributed by atoms with van der Waals surface area (Å²) in [5, 5.41) is 3.62. The highest BCUT2D eigenvalue weighted by Crippen LogP contribution is 2.32. The molecule has 16 heavy (non-hydrogen) atoms. The fourth-order valence-electron chi connectivity index (χ4n) is 3.45. The van der Waals surface area contributed by atoms with Gasteiger partial charge in [-0.3, -0.25) is 0 Å². The molecule has 2 unspecified atom stereocenters. The Morgan fingerprint density at radius 3 is 3.00 bits per heavy atom. The molecule has 0 radical (unpaired) electrons. The smallest absolute Gasteiger partial charge is 0.00704 e. The van der Waals surface area contributed by atoms with Crippen LogP contribution in [0, 0.1) is 12.8 Å². The van der Waals surface area contributed by atoms with Crippen LogP contribution < -0.4 is 5.32 Å². The molecule has 0 saturated carbocycles. The van der Waals surface area contributed by atoms with E-state index in [-0.39, 0.29) is 0 Å². The van der Waals surface area contributed by atoms with Gasteiger partial charge in [0.15, 0.2) is 0 Å². The van der Waals surface area contributed by atoms with E-state index in [1.54, 1.807) is 11.1 Å². The van der Waals surface area contributed by atoms with E-state index in [9.17, 15) is 0 Å². The molecule has 1 heteroatoms. The topological polar surface area (TPSA) is 12.0 Å². The number of aryl methyl sites for hydroxylation is 1. The molecule has 1 aliphatic carbocycles. The zero-order valence-electron chi connectivity index (χ0n) is 10.1. The monoisotopic (exact) mass is 215 g/mol. The summed E-state index contributed by atoms with van der Waals surface area (Å²) in [5.41, 5.74) is 4.76. The number of hydrogen-bond acceptors (Lipinski definition) is 1. The number of hydrogen-bond donors (Lipinski definition) is 1. The third-order valence-corrected chi connectivity index (χ3v) is 4.29. The largest absolute Gasteiger partial charge is 0.314 e. The summed E-state index contributed by atoms with van der Waals surface area (Å²) in [4.78, 5) is 0. The van der Waals surface area contributed by atoms with Gasteiger partial charge in [0.25, 0.3) is 0 Å². The van der Waals surface area contributed by atoms with Crippen molar-refractivity contribution in [2.75, 3.05) is 6.54 Å². The lowest BCUT2D eigenvalue weighted by atomic mass is 9.96. The van der Waals surface area contributed by atoms with E-state index in [0.29, 0.717) is 0 Å². The van der Waals surface area contributed by atoms with Gasteiger partial charge < -0.3 is 5.32 Å². The van der Waals surface area contributed by atoms with Crippen LogP contribution in [0.5, 0.6) is 0 Å². The van der Waals surface area contributed by atoms with Crippen LogP contribution in [0.3, 0.4) is 0 Å². The lowest BCUT2D eigenvalue weighted by Crippen LogP contribution is -2.24. The Bertz CT molecular complexity index is 377. The molecular formula is C15H21N. The molecular weight excluding hydrogens is 194 g/mol. The molecule has 0 spiro atoms. The second-order valence-electron chi connectivity index (χ2n) is 5.52. The van der Waals surface area contributed by atoms with Crippen molar-refractivity contribution < 1.29 is 0 Å². The molecule has 1 fully saturated rings. The number of fused-ring (bicyclic) bond motifs is 1. The SMILES string of the molecule is Cc1cccc2c1CC(CC1CCCN1)C2. The Morgan fingerprint density at radius 2 is 2.25 bits per heavy atom. The first kappa shape index (κ1) is 10.3. The van der Waals surface area contributed by atoms with Gasteiger partial charge in [-0.2, -0.15) is 0 Å². The lowest BCUT2D eigenvalue weighted by molar-refractivity contribution is 0.425. The van der Waals surface area contributed by atoms with E-state index in [1.165, 1.54) is 44.2 Å². The normalized spacial score (nSPS) is 28.3. The number of nitrogens with one attached hydrogen (secondary N) is 1. The second-order valence-corrected chi connectivity index (χ2v) is 5.52. The maximum Gasteiger partial charge on any atom is 0.00704 e. The molecule has 0 amide bonds. The van der Waals surface area contributed by atoms with Gasteiger partial charge in [-0.1, -0.05) is 18.2 Å². The van der Waals surface area contributed by atoms with Crippen molar-refractivity contribution in [1.82, 2.24) is 5.32 Å². The first-order chi connectivity index (χ1) is 7.83. The van der Waals surface area contributed by atoms with Gasteiger partial charge in [0.2, 0.25) is 0 Å². The minimum atomic E-state index is 0.805. The molecule has 86 valence electrons. The quantitative estimate of drug-likeness (QED) is 0.800. The van der Waals surface area contributed by atoms with Crippen LogP contribution in [0.4, 0.5) is 0 Å². The van der Waals surface area contributed by atoms with Gasteiger partial charge in [0.05, 0.1) is 0 Å². The minimum absolute atomic E-state index is 0.805. The fourth-order valence-corrected chi connectivity index (χ4v) is 3.45. The van der Waals surface area contributed by atoms with Crippen molar-refractivity contribution in [2.24, 2.45) is 5.92 Å². The van der Waals surface area contributed by atoms with Crippen molar-refractivity contribution in [2.45, 2.75) is 45.1 Å². The Hall–Kier alpha value is -0.820. The maximum atomic E-state index is 3.62. The van der Waals surface area contributed by atoms with Crippen molar-refractivity contribution in [3.05, 3.63) is 34.9 Å². The summed E-state index contributed by atoms with van der Waals surface area (Å²) in [6, 6.07) is 7.60. The van der Waals surface area contributed by atoms with E-state index in [1.807, 2.05) is 0 Å². The van der Waals surface area contributed by atoms with Crippen LogP contribution in [0.25, 0.3) is 0 Å². The highest BCUT2D eigenvalue weighted by molar-refractivity contribution is 5.38. The van der Waals surface area contributed by atoms with Crippen molar-refractivity contribution in [3.8, 4) is 0 Å². The molecule has 1 aromatic rings. The van der Waals surface area contributed by atoms with Gasteiger partial charge in [-0.25, -0.2) is 0 Å². The molecule has 2 aliphatic rings. The zero-order valence-corrected chi connectivity index (χ0v) is 10.1. The van der Waals surface area contributed by atoms with Gasteiger partial charge in [0, 0.05) is 6.04 Å². The van der Waals surface area contributed by atoms with Crippen molar-refractivity contribution in [3.63, 3.8) is 0 Å². The fraction of sp³-hybridized carbons (Fsp3) is 0.600. The van der Waals surface area contributed by atoms with E-state index in [0.717, 1.165) is 12.0 Å². The summed E-state index contributed by atoms with van der Waals surface area (Å²) in [6.45, 7) is 3.50. The van der Waals surface area contributed by atoms with Crippen LogP contribution in [-0.2, 0) is 12.8 Å². The number of benzene rings is 1. The minimum Gasteiger partial charge on any atom is -0.314 e. The van der Waals surface area contributed by atoms with E-state index in [4.69, 9.17) is 0 Å². The molecule has 0 aromatic heterocycles. The van der Waals surface area contributed by atoms with Crippen LogP contribution in [0.2, 0.25) is 0 Å². The lowest BCUT2D eigenvalue weighted by Gasteiger charge is -2.15. The first-order valence-electron chi connectivity index (χ1n) is 6.63. The molecule has 2 atom stereocenters. The van der Waals surface area contributed by atoms with Crippen LogP contribution in [0.1, 0.15) is 36.0 Å². The standard InChI is InChI=1S/C15H21N/c1-11-4-2-5-13-8-12(10-15(11)13)9-14-6-3-7-16-14/h2,4-5,12,14,16H,3,6-10H2,1H3. The predicted molar refractivity (Wildman–Crippen MR) is 67.7 cm³/mol. The number of rotatable bonds is 2. The highest BCUT2D eigenvalue weighted by atomic mass is 14.9.